The molecule has 2 N–H and O–H groups in total. The normalized spacial score (nSPS) is 26.5. The zero-order chi connectivity index (χ0) is 15.4. The predicted molar refractivity (Wildman–Crippen MR) is 83.2 cm³/mol. The van der Waals surface area contributed by atoms with Gasteiger partial charge in [-0.15, -0.1) is 0 Å². The number of halogens is 1. The Bertz CT molecular complexity index is 719. The molecule has 2 aliphatic rings. The fraction of sp³-hybridized carbons (Fsp3) is 0.462. The van der Waals surface area contributed by atoms with E-state index in [2.05, 4.69) is 21.2 Å². The summed E-state index contributed by atoms with van der Waals surface area (Å²) < 4.78 is 23.9. The first-order chi connectivity index (χ1) is 9.78. The number of nitrogens with zero attached hydrogens (tertiary/aromatic N) is 1. The first-order valence-corrected chi connectivity index (χ1v) is 9.15. The maximum Gasteiger partial charge on any atom is 0.257 e. The van der Waals surface area contributed by atoms with Crippen LogP contribution in [0.3, 0.4) is 0 Å². The van der Waals surface area contributed by atoms with Gasteiger partial charge >= 0.3 is 0 Å². The van der Waals surface area contributed by atoms with E-state index in [9.17, 15) is 18.3 Å². The Morgan fingerprint density at radius 1 is 1.43 bits per heavy atom. The Morgan fingerprint density at radius 3 is 2.76 bits per heavy atom. The minimum absolute atomic E-state index is 0.0774. The van der Waals surface area contributed by atoms with E-state index >= 15 is 0 Å². The molecule has 0 bridgehead atoms. The second-order valence-corrected chi connectivity index (χ2v) is 8.53. The summed E-state index contributed by atoms with van der Waals surface area (Å²) in [4.78, 5) is 13.4. The molecule has 0 aromatic heterocycles. The first kappa shape index (κ1) is 14.8. The lowest BCUT2D eigenvalue weighted by atomic mass is 10.1. The first-order valence-electron chi connectivity index (χ1n) is 6.54. The minimum Gasteiger partial charge on any atom is -0.378 e. The fourth-order valence-electron chi connectivity index (χ4n) is 2.80. The van der Waals surface area contributed by atoms with E-state index < -0.39 is 21.8 Å². The average Bonchev–Trinajstić information content (AvgIpc) is 2.90. The van der Waals surface area contributed by atoms with Crippen LogP contribution in [0.25, 0.3) is 0 Å². The number of carbonyl (C=O) groups excluding carboxylic acids is 1. The standard InChI is InChI=1S/C13H15BrN2O4S/c1-16(7-2-3-21(19,20)6-7)11-5-10-8(4-9(11)14)12(17)13(18)15-10/h4-5,7,12,17H,2-3,6H2,1H3,(H,15,18). The Kier molecular flexibility index (Phi) is 3.50. The van der Waals surface area contributed by atoms with E-state index in [0.29, 0.717) is 17.7 Å². The fourth-order valence-corrected chi connectivity index (χ4v) is 5.22. The summed E-state index contributed by atoms with van der Waals surface area (Å²) in [5, 5.41) is 12.4. The third-order valence-electron chi connectivity index (χ3n) is 4.06. The molecule has 1 amide bonds. The van der Waals surface area contributed by atoms with Crippen LogP contribution < -0.4 is 10.2 Å². The highest BCUT2D eigenvalue weighted by Crippen LogP contribution is 2.39. The lowest BCUT2D eigenvalue weighted by molar-refractivity contribution is -0.123. The van der Waals surface area contributed by atoms with Crippen molar-refractivity contribution in [2.24, 2.45) is 0 Å². The number of amides is 1. The van der Waals surface area contributed by atoms with Crippen molar-refractivity contribution in [3.63, 3.8) is 0 Å². The number of anilines is 2. The summed E-state index contributed by atoms with van der Waals surface area (Å²) in [6.45, 7) is 0. The number of fused-ring (bicyclic) bond motifs is 1. The third-order valence-corrected chi connectivity index (χ3v) is 6.44. The molecule has 8 heteroatoms. The summed E-state index contributed by atoms with van der Waals surface area (Å²) in [5.74, 6) is -0.0951. The van der Waals surface area contributed by atoms with Crippen LogP contribution in [0.1, 0.15) is 18.1 Å². The number of rotatable bonds is 2. The molecule has 1 aromatic rings. The summed E-state index contributed by atoms with van der Waals surface area (Å²) in [7, 11) is -1.12. The second-order valence-electron chi connectivity index (χ2n) is 5.45. The van der Waals surface area contributed by atoms with Gasteiger partial charge in [0.1, 0.15) is 0 Å². The number of carbonyl (C=O) groups is 1. The Balaban J connectivity index is 1.94. The molecule has 2 aliphatic heterocycles. The molecule has 0 saturated carbocycles. The zero-order valence-corrected chi connectivity index (χ0v) is 13.7. The number of hydrogen-bond acceptors (Lipinski definition) is 5. The van der Waals surface area contributed by atoms with Crippen molar-refractivity contribution in [2.45, 2.75) is 18.6 Å². The molecule has 0 radical (unpaired) electrons. The van der Waals surface area contributed by atoms with Gasteiger partial charge in [-0.2, -0.15) is 0 Å². The van der Waals surface area contributed by atoms with Crippen molar-refractivity contribution < 1.29 is 18.3 Å². The highest BCUT2D eigenvalue weighted by atomic mass is 79.9. The van der Waals surface area contributed by atoms with Crippen LogP contribution in [0.2, 0.25) is 0 Å². The molecular weight excluding hydrogens is 360 g/mol. The Hall–Kier alpha value is -1.12. The molecule has 0 spiro atoms. The van der Waals surface area contributed by atoms with Crippen LogP contribution in [-0.2, 0) is 14.6 Å². The number of aliphatic hydroxyl groups excluding tert-OH is 1. The number of benzene rings is 1. The number of aliphatic hydroxyl groups is 1. The molecule has 2 atom stereocenters. The van der Waals surface area contributed by atoms with E-state index in [1.165, 1.54) is 0 Å². The van der Waals surface area contributed by atoms with Gasteiger partial charge in [-0.1, -0.05) is 0 Å². The van der Waals surface area contributed by atoms with E-state index in [1.807, 2.05) is 11.9 Å². The number of sulfone groups is 1. The molecule has 3 rings (SSSR count). The summed E-state index contributed by atoms with van der Waals surface area (Å²) in [6.07, 6.45) is -0.556. The summed E-state index contributed by atoms with van der Waals surface area (Å²) in [5.41, 5.74) is 1.90. The van der Waals surface area contributed by atoms with E-state index in [4.69, 9.17) is 0 Å². The van der Waals surface area contributed by atoms with E-state index in [0.717, 1.165) is 10.2 Å². The quantitative estimate of drug-likeness (QED) is 0.807. The van der Waals surface area contributed by atoms with Crippen LogP contribution in [0.15, 0.2) is 16.6 Å². The van der Waals surface area contributed by atoms with Crippen LogP contribution >= 0.6 is 15.9 Å². The number of nitrogens with one attached hydrogen (secondary N) is 1. The number of hydrogen-bond donors (Lipinski definition) is 2. The topological polar surface area (TPSA) is 86.7 Å². The molecular formula is C13H15BrN2O4S. The van der Waals surface area contributed by atoms with Crippen LogP contribution in [0.4, 0.5) is 11.4 Å². The van der Waals surface area contributed by atoms with Gasteiger partial charge in [-0.3, -0.25) is 4.79 Å². The summed E-state index contributed by atoms with van der Waals surface area (Å²) >= 11 is 3.43. The maximum atomic E-state index is 11.6. The van der Waals surface area contributed by atoms with Gasteiger partial charge in [0.25, 0.3) is 5.91 Å². The third kappa shape index (κ3) is 2.56. The molecule has 2 heterocycles. The Labute approximate surface area is 131 Å². The van der Waals surface area contributed by atoms with Crippen LogP contribution in [0.5, 0.6) is 0 Å². The van der Waals surface area contributed by atoms with Gasteiger partial charge in [-0.25, -0.2) is 8.42 Å². The molecule has 1 aromatic carbocycles. The van der Waals surface area contributed by atoms with Crippen molar-refractivity contribution in [3.8, 4) is 0 Å². The van der Waals surface area contributed by atoms with Crippen molar-refractivity contribution in [1.29, 1.82) is 0 Å². The zero-order valence-electron chi connectivity index (χ0n) is 11.3. The largest absolute Gasteiger partial charge is 0.378 e. The van der Waals surface area contributed by atoms with Gasteiger partial charge in [0, 0.05) is 28.8 Å². The Morgan fingerprint density at radius 2 is 2.14 bits per heavy atom. The highest BCUT2D eigenvalue weighted by Gasteiger charge is 2.34. The molecule has 0 aliphatic carbocycles. The van der Waals surface area contributed by atoms with Crippen molar-refractivity contribution in [2.75, 3.05) is 28.8 Å². The molecule has 2 unspecified atom stereocenters. The molecule has 1 saturated heterocycles. The van der Waals surface area contributed by atoms with Gasteiger partial charge in [0.05, 0.1) is 17.2 Å². The maximum absolute atomic E-state index is 11.6. The van der Waals surface area contributed by atoms with E-state index in [1.54, 1.807) is 12.1 Å². The van der Waals surface area contributed by atoms with Gasteiger partial charge in [0.15, 0.2) is 15.9 Å². The average molecular weight is 375 g/mol. The molecule has 1 fully saturated rings. The summed E-state index contributed by atoms with van der Waals surface area (Å²) in [6, 6.07) is 3.39. The molecule has 21 heavy (non-hydrogen) atoms. The molecule has 6 nitrogen and oxygen atoms in total. The monoisotopic (exact) mass is 374 g/mol. The van der Waals surface area contributed by atoms with Crippen LogP contribution in [0, 0.1) is 0 Å². The predicted octanol–water partition coefficient (Wildman–Crippen LogP) is 1.06. The smallest absolute Gasteiger partial charge is 0.257 e. The van der Waals surface area contributed by atoms with Crippen LogP contribution in [-0.4, -0.2) is 44.0 Å². The lowest BCUT2D eigenvalue weighted by Gasteiger charge is -2.27. The highest BCUT2D eigenvalue weighted by molar-refractivity contribution is 9.10. The van der Waals surface area contributed by atoms with E-state index in [-0.39, 0.29) is 17.5 Å². The van der Waals surface area contributed by atoms with Gasteiger partial charge < -0.3 is 15.3 Å². The van der Waals surface area contributed by atoms with Gasteiger partial charge in [0.2, 0.25) is 0 Å². The SMILES string of the molecule is CN(c1cc2c(cc1Br)C(O)C(=O)N2)C1CCS(=O)(=O)C1. The molecule has 114 valence electrons. The van der Waals surface area contributed by atoms with Gasteiger partial charge in [-0.05, 0) is 34.5 Å². The van der Waals surface area contributed by atoms with Crippen molar-refractivity contribution in [3.05, 3.63) is 22.2 Å². The van der Waals surface area contributed by atoms with Crippen molar-refractivity contribution in [1.82, 2.24) is 0 Å². The van der Waals surface area contributed by atoms with Crippen molar-refractivity contribution >= 4 is 43.0 Å². The minimum atomic E-state index is -2.96. The second kappa shape index (κ2) is 4.96. The lowest BCUT2D eigenvalue weighted by Crippen LogP contribution is -2.32.